The van der Waals surface area contributed by atoms with Gasteiger partial charge in [-0.3, -0.25) is 0 Å². The Morgan fingerprint density at radius 1 is 1.53 bits per heavy atom. The van der Waals surface area contributed by atoms with E-state index in [0.717, 1.165) is 0 Å². The predicted molar refractivity (Wildman–Crippen MR) is 79.1 cm³/mol. The van der Waals surface area contributed by atoms with E-state index in [-0.39, 0.29) is 14.6 Å². The lowest BCUT2D eigenvalue weighted by Gasteiger charge is -2.31. The normalized spacial score (nSPS) is 12.6. The molecule has 0 aromatic carbocycles. The SMILES string of the molecule is CCC(CC)(NS(=O)(=O)c1c(Br)nnn1C)C(N)=S. The predicted octanol–water partition coefficient (Wildman–Crippen LogP) is 0.701. The second-order valence-corrected chi connectivity index (χ2v) is 6.86. The smallest absolute Gasteiger partial charge is 0.261 e. The number of thiocarbonyl (C=S) groups is 1. The number of hydrogen-bond donors (Lipinski definition) is 2. The lowest BCUT2D eigenvalue weighted by atomic mass is 9.94. The summed E-state index contributed by atoms with van der Waals surface area (Å²) in [5.41, 5.74) is 4.74. The fourth-order valence-electron chi connectivity index (χ4n) is 1.71. The van der Waals surface area contributed by atoms with Crippen LogP contribution in [0.3, 0.4) is 0 Å². The first-order valence-corrected chi connectivity index (χ1v) is 8.27. The van der Waals surface area contributed by atoms with E-state index in [4.69, 9.17) is 18.0 Å². The van der Waals surface area contributed by atoms with Crippen LogP contribution in [-0.2, 0) is 17.1 Å². The molecular formula is C9H16BrN5O2S2. The highest BCUT2D eigenvalue weighted by molar-refractivity contribution is 9.10. The summed E-state index contributed by atoms with van der Waals surface area (Å²) in [4.78, 5) is 0.118. The van der Waals surface area contributed by atoms with Crippen LogP contribution in [0.2, 0.25) is 0 Å². The van der Waals surface area contributed by atoms with E-state index >= 15 is 0 Å². The maximum absolute atomic E-state index is 12.4. The van der Waals surface area contributed by atoms with Crippen LogP contribution < -0.4 is 10.5 Å². The number of sulfonamides is 1. The molecule has 0 radical (unpaired) electrons. The number of halogens is 1. The summed E-state index contributed by atoms with van der Waals surface area (Å²) in [6, 6.07) is 0. The molecule has 0 aliphatic heterocycles. The van der Waals surface area contributed by atoms with Crippen LogP contribution in [0.5, 0.6) is 0 Å². The van der Waals surface area contributed by atoms with Crippen molar-refractivity contribution in [3.05, 3.63) is 4.60 Å². The van der Waals surface area contributed by atoms with Crippen LogP contribution in [-0.4, -0.2) is 33.9 Å². The minimum absolute atomic E-state index is 0.0602. The summed E-state index contributed by atoms with van der Waals surface area (Å²) in [5, 5.41) is 7.24. The molecule has 0 saturated carbocycles. The number of nitrogens with one attached hydrogen (secondary N) is 1. The van der Waals surface area contributed by atoms with Gasteiger partial charge in [-0.2, -0.15) is 4.72 Å². The fraction of sp³-hybridized carbons (Fsp3) is 0.667. The molecule has 19 heavy (non-hydrogen) atoms. The zero-order valence-corrected chi connectivity index (χ0v) is 14.1. The van der Waals surface area contributed by atoms with Gasteiger partial charge >= 0.3 is 0 Å². The molecule has 0 atom stereocenters. The summed E-state index contributed by atoms with van der Waals surface area (Å²) < 4.78 is 28.7. The summed E-state index contributed by atoms with van der Waals surface area (Å²) in [6.07, 6.45) is 0.919. The zero-order valence-electron chi connectivity index (χ0n) is 10.8. The highest BCUT2D eigenvalue weighted by atomic mass is 79.9. The quantitative estimate of drug-likeness (QED) is 0.715. The molecule has 1 rings (SSSR count). The minimum atomic E-state index is -3.83. The molecule has 1 heterocycles. The first-order valence-electron chi connectivity index (χ1n) is 5.59. The van der Waals surface area contributed by atoms with Gasteiger partial charge in [-0.15, -0.1) is 5.10 Å². The van der Waals surface area contributed by atoms with Gasteiger partial charge in [0.2, 0.25) is 5.03 Å². The third-order valence-electron chi connectivity index (χ3n) is 3.00. The van der Waals surface area contributed by atoms with Gasteiger partial charge in [0.25, 0.3) is 10.0 Å². The third-order valence-corrected chi connectivity index (χ3v) is 5.81. The van der Waals surface area contributed by atoms with Gasteiger partial charge in [0.1, 0.15) is 0 Å². The third kappa shape index (κ3) is 3.12. The number of hydrogen-bond acceptors (Lipinski definition) is 5. The molecule has 7 nitrogen and oxygen atoms in total. The summed E-state index contributed by atoms with van der Waals surface area (Å²) in [7, 11) is -2.34. The lowest BCUT2D eigenvalue weighted by molar-refractivity contribution is 0.461. The van der Waals surface area contributed by atoms with Crippen molar-refractivity contribution in [2.45, 2.75) is 37.3 Å². The van der Waals surface area contributed by atoms with Gasteiger partial charge in [-0.1, -0.05) is 31.3 Å². The van der Waals surface area contributed by atoms with Crippen LogP contribution in [0, 0.1) is 0 Å². The molecule has 10 heteroatoms. The summed E-state index contributed by atoms with van der Waals surface area (Å²) in [5.74, 6) is 0. The highest BCUT2D eigenvalue weighted by Crippen LogP contribution is 2.23. The number of nitrogens with zero attached hydrogens (tertiary/aromatic N) is 3. The summed E-state index contributed by atoms with van der Waals surface area (Å²) in [6.45, 7) is 3.64. The maximum atomic E-state index is 12.4. The fourth-order valence-corrected chi connectivity index (χ4v) is 4.73. The molecule has 0 saturated heterocycles. The van der Waals surface area contributed by atoms with Gasteiger partial charge in [-0.25, -0.2) is 13.1 Å². The Kier molecular flexibility index (Phi) is 5.04. The van der Waals surface area contributed by atoms with Crippen molar-refractivity contribution in [1.29, 1.82) is 0 Å². The van der Waals surface area contributed by atoms with Gasteiger partial charge in [0.05, 0.1) is 10.5 Å². The maximum Gasteiger partial charge on any atom is 0.261 e. The second-order valence-electron chi connectivity index (χ2n) is 4.07. The average molecular weight is 370 g/mol. The van der Waals surface area contributed by atoms with Crippen molar-refractivity contribution in [1.82, 2.24) is 19.7 Å². The molecule has 0 aliphatic carbocycles. The van der Waals surface area contributed by atoms with Crippen molar-refractivity contribution in [3.63, 3.8) is 0 Å². The van der Waals surface area contributed by atoms with E-state index in [9.17, 15) is 8.42 Å². The molecular weight excluding hydrogens is 354 g/mol. The highest BCUT2D eigenvalue weighted by Gasteiger charge is 2.37. The minimum Gasteiger partial charge on any atom is -0.392 e. The van der Waals surface area contributed by atoms with Crippen molar-refractivity contribution in [2.75, 3.05) is 0 Å². The van der Waals surface area contributed by atoms with E-state index < -0.39 is 15.6 Å². The van der Waals surface area contributed by atoms with E-state index in [1.54, 1.807) is 0 Å². The molecule has 0 spiro atoms. The number of aryl methyl sites for hydroxylation is 1. The van der Waals surface area contributed by atoms with Crippen LogP contribution in [0.4, 0.5) is 0 Å². The molecule has 0 fully saturated rings. The van der Waals surface area contributed by atoms with E-state index in [1.165, 1.54) is 11.7 Å². The second kappa shape index (κ2) is 5.81. The van der Waals surface area contributed by atoms with Crippen LogP contribution in [0.1, 0.15) is 26.7 Å². The molecule has 108 valence electrons. The number of nitrogens with two attached hydrogens (primary N) is 1. The Morgan fingerprint density at radius 2 is 2.05 bits per heavy atom. The Bertz CT molecular complexity index is 560. The largest absolute Gasteiger partial charge is 0.392 e. The Morgan fingerprint density at radius 3 is 2.37 bits per heavy atom. The van der Waals surface area contributed by atoms with Gasteiger partial charge < -0.3 is 5.73 Å². The van der Waals surface area contributed by atoms with Crippen molar-refractivity contribution < 1.29 is 8.42 Å². The van der Waals surface area contributed by atoms with Crippen LogP contribution in [0.15, 0.2) is 9.63 Å². The number of rotatable bonds is 6. The average Bonchev–Trinajstić information content (AvgIpc) is 2.66. The standard InChI is InChI=1S/C9H16BrN5O2S2/c1-4-9(5-2,8(11)18)13-19(16,17)7-6(10)12-14-15(7)3/h13H,4-5H2,1-3H3,(H2,11,18). The molecule has 1 aromatic heterocycles. The van der Waals surface area contributed by atoms with Crippen molar-refractivity contribution >= 4 is 43.2 Å². The van der Waals surface area contributed by atoms with E-state index in [2.05, 4.69) is 31.0 Å². The molecule has 0 aliphatic rings. The Labute approximate surface area is 126 Å². The van der Waals surface area contributed by atoms with Gasteiger partial charge in [0, 0.05) is 7.05 Å². The number of aromatic nitrogens is 3. The Balaban J connectivity index is 3.27. The topological polar surface area (TPSA) is 103 Å². The molecule has 0 bridgehead atoms. The molecule has 0 unspecified atom stereocenters. The van der Waals surface area contributed by atoms with Crippen LogP contribution >= 0.6 is 28.1 Å². The lowest BCUT2D eigenvalue weighted by Crippen LogP contribution is -2.56. The first kappa shape index (κ1) is 16.5. The monoisotopic (exact) mass is 369 g/mol. The van der Waals surface area contributed by atoms with E-state index in [1.807, 2.05) is 13.8 Å². The summed E-state index contributed by atoms with van der Waals surface area (Å²) >= 11 is 8.06. The zero-order chi connectivity index (χ0) is 14.8. The molecule has 0 amide bonds. The van der Waals surface area contributed by atoms with E-state index in [0.29, 0.717) is 12.8 Å². The van der Waals surface area contributed by atoms with Crippen LogP contribution in [0.25, 0.3) is 0 Å². The molecule has 3 N–H and O–H groups in total. The van der Waals surface area contributed by atoms with Crippen molar-refractivity contribution in [3.8, 4) is 0 Å². The first-order chi connectivity index (χ1) is 8.70. The molecule has 1 aromatic rings. The van der Waals surface area contributed by atoms with Crippen molar-refractivity contribution in [2.24, 2.45) is 12.8 Å². The van der Waals surface area contributed by atoms with Gasteiger partial charge in [0.15, 0.2) is 4.60 Å². The Hall–Kier alpha value is -0.580. The van der Waals surface area contributed by atoms with Gasteiger partial charge in [-0.05, 0) is 28.8 Å².